The van der Waals surface area contributed by atoms with Gasteiger partial charge in [0.05, 0.1) is 19.3 Å². The van der Waals surface area contributed by atoms with Gasteiger partial charge in [0.25, 0.3) is 0 Å². The lowest BCUT2D eigenvalue weighted by molar-refractivity contribution is -0.115. The van der Waals surface area contributed by atoms with E-state index in [2.05, 4.69) is 27.4 Å². The van der Waals surface area contributed by atoms with E-state index in [1.54, 1.807) is 17.9 Å². The van der Waals surface area contributed by atoms with Crippen LogP contribution in [0.2, 0.25) is 0 Å². The first-order valence-corrected chi connectivity index (χ1v) is 9.54. The number of anilines is 1. The average Bonchev–Trinajstić information content (AvgIpc) is 3.14. The summed E-state index contributed by atoms with van der Waals surface area (Å²) in [5.74, 6) is 0.417. The first-order chi connectivity index (χ1) is 13.6. The Morgan fingerprint density at radius 3 is 2.82 bits per heavy atom. The molecule has 3 aromatic rings. The summed E-state index contributed by atoms with van der Waals surface area (Å²) in [6.45, 7) is 6.14. The van der Waals surface area contributed by atoms with Crippen molar-refractivity contribution in [2.75, 3.05) is 12.4 Å². The molecule has 1 N–H and O–H groups in total. The van der Waals surface area contributed by atoms with Crippen molar-refractivity contribution in [1.29, 1.82) is 0 Å². The van der Waals surface area contributed by atoms with Gasteiger partial charge in [0, 0.05) is 0 Å². The summed E-state index contributed by atoms with van der Waals surface area (Å²) in [5.41, 5.74) is 2.50. The highest BCUT2D eigenvalue weighted by Crippen LogP contribution is 2.36. The Morgan fingerprint density at radius 2 is 2.11 bits per heavy atom. The van der Waals surface area contributed by atoms with E-state index in [4.69, 9.17) is 4.74 Å². The predicted octanol–water partition coefficient (Wildman–Crippen LogP) is 3.65. The van der Waals surface area contributed by atoms with Gasteiger partial charge in [-0.2, -0.15) is 0 Å². The van der Waals surface area contributed by atoms with E-state index in [1.807, 2.05) is 55.5 Å². The molecule has 0 saturated heterocycles. The number of tetrazole rings is 1. The first-order valence-electron chi connectivity index (χ1n) is 8.66. The largest absolute Gasteiger partial charge is 0.495 e. The molecule has 0 aliphatic heterocycles. The Morgan fingerprint density at radius 1 is 1.32 bits per heavy atom. The van der Waals surface area contributed by atoms with Gasteiger partial charge in [-0.25, -0.2) is 4.68 Å². The van der Waals surface area contributed by atoms with E-state index < -0.39 is 5.25 Å². The van der Waals surface area contributed by atoms with Gasteiger partial charge in [-0.05, 0) is 40.6 Å². The lowest BCUT2D eigenvalue weighted by Gasteiger charge is -2.18. The Balaban J connectivity index is 1.91. The van der Waals surface area contributed by atoms with E-state index in [0.717, 1.165) is 11.1 Å². The van der Waals surface area contributed by atoms with Crippen LogP contribution in [0.25, 0.3) is 0 Å². The van der Waals surface area contributed by atoms with Crippen LogP contribution in [0.4, 0.5) is 5.69 Å². The minimum Gasteiger partial charge on any atom is -0.495 e. The van der Waals surface area contributed by atoms with Gasteiger partial charge in [0.2, 0.25) is 11.1 Å². The molecule has 1 amide bonds. The summed E-state index contributed by atoms with van der Waals surface area (Å²) in [4.78, 5) is 13.2. The van der Waals surface area contributed by atoms with Crippen LogP contribution in [-0.2, 0) is 11.3 Å². The maximum Gasteiger partial charge on any atom is 0.242 e. The van der Waals surface area contributed by atoms with Crippen molar-refractivity contribution in [3.05, 3.63) is 72.3 Å². The maximum absolute atomic E-state index is 13.2. The van der Waals surface area contributed by atoms with Crippen molar-refractivity contribution in [2.24, 2.45) is 0 Å². The number of benzene rings is 2. The number of hydrogen-bond donors (Lipinski definition) is 1. The smallest absolute Gasteiger partial charge is 0.242 e. The number of nitrogens with one attached hydrogen (secondary N) is 1. The summed E-state index contributed by atoms with van der Waals surface area (Å²) in [7, 11) is 1.58. The van der Waals surface area contributed by atoms with Gasteiger partial charge in [0.15, 0.2) is 0 Å². The zero-order chi connectivity index (χ0) is 19.9. The third-order valence-corrected chi connectivity index (χ3v) is 5.20. The molecule has 1 heterocycles. The van der Waals surface area contributed by atoms with Crippen LogP contribution in [-0.4, -0.2) is 33.2 Å². The molecule has 8 heteroatoms. The van der Waals surface area contributed by atoms with Crippen LogP contribution < -0.4 is 10.1 Å². The summed E-state index contributed by atoms with van der Waals surface area (Å²) in [6.07, 6.45) is 1.70. The molecule has 7 nitrogen and oxygen atoms in total. The second-order valence-electron chi connectivity index (χ2n) is 6.03. The van der Waals surface area contributed by atoms with E-state index in [0.29, 0.717) is 23.1 Å². The Labute approximate surface area is 167 Å². The van der Waals surface area contributed by atoms with Gasteiger partial charge in [-0.15, -0.1) is 11.7 Å². The fourth-order valence-corrected chi connectivity index (χ4v) is 3.63. The van der Waals surface area contributed by atoms with E-state index >= 15 is 0 Å². The quantitative estimate of drug-likeness (QED) is 0.463. The van der Waals surface area contributed by atoms with Crippen LogP contribution in [0.15, 0.2) is 66.3 Å². The minimum atomic E-state index is -0.541. The van der Waals surface area contributed by atoms with Crippen LogP contribution in [0.3, 0.4) is 0 Å². The molecular weight excluding hydrogens is 374 g/mol. The number of amides is 1. The summed E-state index contributed by atoms with van der Waals surface area (Å²) in [5, 5.41) is 14.7. The monoisotopic (exact) mass is 395 g/mol. The highest BCUT2D eigenvalue weighted by Gasteiger charge is 2.25. The average molecular weight is 395 g/mol. The van der Waals surface area contributed by atoms with E-state index in [1.165, 1.54) is 11.8 Å². The summed E-state index contributed by atoms with van der Waals surface area (Å²) in [6, 6.07) is 15.2. The Bertz CT molecular complexity index is 958. The lowest BCUT2D eigenvalue weighted by atomic mass is 10.1. The number of ether oxygens (including phenoxy) is 1. The summed E-state index contributed by atoms with van der Waals surface area (Å²) < 4.78 is 6.98. The Kier molecular flexibility index (Phi) is 6.44. The molecule has 0 fully saturated rings. The third-order valence-electron chi connectivity index (χ3n) is 3.98. The zero-order valence-electron chi connectivity index (χ0n) is 15.7. The minimum absolute atomic E-state index is 0.187. The normalized spacial score (nSPS) is 11.6. The number of methoxy groups -OCH3 is 1. The zero-order valence-corrected chi connectivity index (χ0v) is 16.5. The summed E-state index contributed by atoms with van der Waals surface area (Å²) >= 11 is 1.29. The topological polar surface area (TPSA) is 81.9 Å². The molecule has 0 bridgehead atoms. The maximum atomic E-state index is 13.2. The van der Waals surface area contributed by atoms with Crippen LogP contribution >= 0.6 is 11.8 Å². The van der Waals surface area contributed by atoms with Gasteiger partial charge < -0.3 is 10.1 Å². The van der Waals surface area contributed by atoms with Gasteiger partial charge in [-0.1, -0.05) is 54.2 Å². The molecule has 1 unspecified atom stereocenters. The van der Waals surface area contributed by atoms with Crippen molar-refractivity contribution in [3.8, 4) is 5.75 Å². The molecule has 0 saturated carbocycles. The highest BCUT2D eigenvalue weighted by molar-refractivity contribution is 8.00. The molecular formula is C20H21N5O2S. The van der Waals surface area contributed by atoms with E-state index in [-0.39, 0.29) is 5.91 Å². The molecule has 1 aromatic heterocycles. The number of thioether (sulfide) groups is 1. The molecule has 0 radical (unpaired) electrons. The number of aromatic nitrogens is 4. The van der Waals surface area contributed by atoms with Crippen LogP contribution in [0.5, 0.6) is 5.75 Å². The molecule has 2 aromatic carbocycles. The van der Waals surface area contributed by atoms with Gasteiger partial charge >= 0.3 is 0 Å². The number of nitrogens with zero attached hydrogens (tertiary/aromatic N) is 4. The van der Waals surface area contributed by atoms with E-state index in [9.17, 15) is 4.79 Å². The number of carbonyl (C=O) groups is 1. The molecule has 144 valence electrons. The van der Waals surface area contributed by atoms with Gasteiger partial charge in [0.1, 0.15) is 11.0 Å². The molecule has 3 rings (SSSR count). The molecule has 0 aliphatic rings. The number of hydrogen-bond acceptors (Lipinski definition) is 6. The molecule has 28 heavy (non-hydrogen) atoms. The fraction of sp³-hybridized carbons (Fsp3) is 0.200. The number of carbonyl (C=O) groups excluding carboxylic acids is 1. The van der Waals surface area contributed by atoms with Crippen molar-refractivity contribution in [2.45, 2.75) is 23.9 Å². The van der Waals surface area contributed by atoms with Crippen molar-refractivity contribution >= 4 is 23.4 Å². The van der Waals surface area contributed by atoms with Crippen LogP contribution in [0, 0.1) is 6.92 Å². The Hall–Kier alpha value is -3.13. The lowest BCUT2D eigenvalue weighted by Crippen LogP contribution is -2.20. The second-order valence-corrected chi connectivity index (χ2v) is 7.11. The highest BCUT2D eigenvalue weighted by atomic mass is 32.2. The fourth-order valence-electron chi connectivity index (χ4n) is 2.64. The molecule has 0 spiro atoms. The van der Waals surface area contributed by atoms with Crippen molar-refractivity contribution in [3.63, 3.8) is 0 Å². The van der Waals surface area contributed by atoms with Crippen molar-refractivity contribution < 1.29 is 9.53 Å². The second kappa shape index (κ2) is 9.18. The van der Waals surface area contributed by atoms with Crippen LogP contribution in [0.1, 0.15) is 16.4 Å². The van der Waals surface area contributed by atoms with Crippen molar-refractivity contribution in [1.82, 2.24) is 20.2 Å². The number of allylic oxidation sites excluding steroid dienone is 1. The third kappa shape index (κ3) is 4.58. The SMILES string of the molecule is C=CCn1nnnc1SC(C(=O)Nc1cc(C)ccc1OC)c1ccccc1. The first kappa shape index (κ1) is 19.6. The number of rotatable bonds is 8. The molecule has 0 aliphatic carbocycles. The predicted molar refractivity (Wildman–Crippen MR) is 109 cm³/mol. The van der Waals surface area contributed by atoms with Gasteiger partial charge in [-0.3, -0.25) is 4.79 Å². The standard InChI is InChI=1S/C20H21N5O2S/c1-4-12-25-20(22-23-24-25)28-18(15-8-6-5-7-9-15)19(26)21-16-13-14(2)10-11-17(16)27-3/h4-11,13,18H,1,12H2,2-3H3,(H,21,26). The molecule has 1 atom stereocenters. The number of aryl methyl sites for hydroxylation is 1.